The molecule has 0 radical (unpaired) electrons. The van der Waals surface area contributed by atoms with E-state index in [4.69, 9.17) is 4.99 Å². The van der Waals surface area contributed by atoms with Gasteiger partial charge in [0.2, 0.25) is 0 Å². The number of amides is 2. The first-order valence-electron chi connectivity index (χ1n) is 9.69. The molecular weight excluding hydrogens is 356 g/mol. The van der Waals surface area contributed by atoms with E-state index in [0.29, 0.717) is 11.9 Å². The first-order valence-corrected chi connectivity index (χ1v) is 9.69. The number of rotatable bonds is 2. The highest BCUT2D eigenvalue weighted by Crippen LogP contribution is 2.19. The molecule has 4 rings (SSSR count). The topological polar surface area (TPSA) is 89.0 Å². The molecule has 9 heteroatoms. The molecule has 1 aromatic heterocycles. The van der Waals surface area contributed by atoms with Crippen LogP contribution in [0.15, 0.2) is 47.8 Å². The van der Waals surface area contributed by atoms with Crippen molar-refractivity contribution in [1.82, 2.24) is 30.0 Å². The van der Waals surface area contributed by atoms with Gasteiger partial charge in [0.25, 0.3) is 0 Å². The molecule has 0 aromatic carbocycles. The maximum absolute atomic E-state index is 12.9. The lowest BCUT2D eigenvalue weighted by atomic mass is 10.2. The molecule has 3 aliphatic heterocycles. The summed E-state index contributed by atoms with van der Waals surface area (Å²) < 4.78 is 0. The van der Waals surface area contributed by atoms with Crippen molar-refractivity contribution in [3.8, 4) is 0 Å². The second-order valence-corrected chi connectivity index (χ2v) is 7.28. The summed E-state index contributed by atoms with van der Waals surface area (Å²) in [6.45, 7) is 6.56. The lowest BCUT2D eigenvalue weighted by molar-refractivity contribution is 0.223. The van der Waals surface area contributed by atoms with Crippen molar-refractivity contribution in [2.24, 2.45) is 4.99 Å². The van der Waals surface area contributed by atoms with Crippen molar-refractivity contribution in [3.63, 3.8) is 0 Å². The highest BCUT2D eigenvalue weighted by Gasteiger charge is 2.30. The number of aromatic nitrogens is 2. The second-order valence-electron chi connectivity index (χ2n) is 7.28. The van der Waals surface area contributed by atoms with E-state index in [0.717, 1.165) is 45.0 Å². The van der Waals surface area contributed by atoms with Crippen molar-refractivity contribution >= 4 is 18.2 Å². The van der Waals surface area contributed by atoms with Gasteiger partial charge in [0.15, 0.2) is 5.82 Å². The molecule has 4 heterocycles. The zero-order valence-corrected chi connectivity index (χ0v) is 16.0. The van der Waals surface area contributed by atoms with Gasteiger partial charge in [-0.05, 0) is 31.7 Å². The summed E-state index contributed by atoms with van der Waals surface area (Å²) in [5.41, 5.74) is 0. The molecule has 0 spiro atoms. The Kier molecular flexibility index (Phi) is 5.52. The number of nitrogens with zero attached hydrogens (tertiary/aromatic N) is 6. The van der Waals surface area contributed by atoms with Crippen LogP contribution in [-0.4, -0.2) is 81.8 Å². The van der Waals surface area contributed by atoms with E-state index in [2.05, 4.69) is 49.6 Å². The zero-order chi connectivity index (χ0) is 19.3. The van der Waals surface area contributed by atoms with Crippen LogP contribution in [0.5, 0.6) is 0 Å². The van der Waals surface area contributed by atoms with Crippen LogP contribution in [0.25, 0.3) is 0 Å². The van der Waals surface area contributed by atoms with Crippen LogP contribution in [0.1, 0.15) is 13.3 Å². The van der Waals surface area contributed by atoms with Crippen LogP contribution in [0.3, 0.4) is 0 Å². The van der Waals surface area contributed by atoms with Crippen molar-refractivity contribution in [2.45, 2.75) is 25.4 Å². The molecule has 2 atom stereocenters. The first-order chi connectivity index (χ1) is 13.7. The first kappa shape index (κ1) is 18.4. The van der Waals surface area contributed by atoms with Crippen molar-refractivity contribution < 1.29 is 4.79 Å². The van der Waals surface area contributed by atoms with Crippen LogP contribution in [-0.2, 0) is 0 Å². The number of allylic oxidation sites excluding steroid dienone is 2. The number of fused-ring (bicyclic) bond motifs is 2. The maximum Gasteiger partial charge on any atom is 0.328 e. The van der Waals surface area contributed by atoms with E-state index in [1.54, 1.807) is 23.6 Å². The van der Waals surface area contributed by atoms with Gasteiger partial charge in [0.05, 0.1) is 12.2 Å². The molecule has 2 fully saturated rings. The zero-order valence-electron chi connectivity index (χ0n) is 16.0. The Balaban J connectivity index is 1.57. The van der Waals surface area contributed by atoms with Gasteiger partial charge < -0.3 is 15.1 Å². The van der Waals surface area contributed by atoms with Gasteiger partial charge in [-0.3, -0.25) is 15.2 Å². The molecule has 0 unspecified atom stereocenters. The van der Waals surface area contributed by atoms with Crippen LogP contribution in [0.4, 0.5) is 10.6 Å². The lowest BCUT2D eigenvalue weighted by Crippen LogP contribution is -2.48. The average Bonchev–Trinajstić information content (AvgIpc) is 3.15. The van der Waals surface area contributed by atoms with Crippen molar-refractivity contribution in [3.05, 3.63) is 42.8 Å². The molecule has 9 nitrogen and oxygen atoms in total. The van der Waals surface area contributed by atoms with Crippen molar-refractivity contribution in [2.75, 3.05) is 38.0 Å². The highest BCUT2D eigenvalue weighted by atomic mass is 16.2. The van der Waals surface area contributed by atoms with E-state index in [-0.39, 0.29) is 12.1 Å². The summed E-state index contributed by atoms with van der Waals surface area (Å²) in [7, 11) is 0. The Morgan fingerprint density at radius 3 is 3.04 bits per heavy atom. The van der Waals surface area contributed by atoms with E-state index < -0.39 is 0 Å². The summed E-state index contributed by atoms with van der Waals surface area (Å²) in [5.74, 6) is 1.30. The largest absolute Gasteiger partial charge is 0.375 e. The Hall–Kier alpha value is -2.94. The number of piperazine rings is 1. The third kappa shape index (κ3) is 4.30. The molecule has 148 valence electrons. The number of carbonyl (C=O) groups excluding carboxylic acids is 1. The molecule has 2 bridgehead atoms. The standard InChI is InChI=1S/C19H26N8O/c1-15-12-26(10-7-21-15)18-3-2-8-25-9-4-16(13-25)27(14-23-18)19(28)24-17-11-20-5-6-22-17/h2-3,5-6,8,11,14-16,21H,4,7,9-10,12-13H2,1H3,(H,22,24,28)/t15-,16+/m1/s1. The van der Waals surface area contributed by atoms with Gasteiger partial charge in [0, 0.05) is 51.2 Å². The van der Waals surface area contributed by atoms with Crippen LogP contribution in [0, 0.1) is 0 Å². The number of hydrogen-bond acceptors (Lipinski definition) is 7. The molecular formula is C19H26N8O. The van der Waals surface area contributed by atoms with E-state index in [9.17, 15) is 4.79 Å². The van der Waals surface area contributed by atoms with Gasteiger partial charge in [-0.1, -0.05) is 0 Å². The fourth-order valence-electron chi connectivity index (χ4n) is 3.72. The smallest absolute Gasteiger partial charge is 0.328 e. The number of anilines is 1. The fraction of sp³-hybridized carbons (Fsp3) is 0.474. The summed E-state index contributed by atoms with van der Waals surface area (Å²) >= 11 is 0. The van der Waals surface area contributed by atoms with Crippen molar-refractivity contribution in [1.29, 1.82) is 0 Å². The molecule has 2 amide bonds. The summed E-state index contributed by atoms with van der Waals surface area (Å²) in [6.07, 6.45) is 13.4. The molecule has 0 saturated carbocycles. The SMILES string of the molecule is C[C@@H]1CN(C2=CC=CN3CC[C@@H](C3)N(C(=O)Nc3cnccn3)C=N2)CCN1. The average molecular weight is 382 g/mol. The minimum atomic E-state index is -0.242. The third-order valence-electron chi connectivity index (χ3n) is 5.17. The van der Waals surface area contributed by atoms with Crippen LogP contribution >= 0.6 is 0 Å². The van der Waals surface area contributed by atoms with Gasteiger partial charge >= 0.3 is 6.03 Å². The van der Waals surface area contributed by atoms with Gasteiger partial charge in [-0.25, -0.2) is 14.8 Å². The minimum Gasteiger partial charge on any atom is -0.375 e. The predicted molar refractivity (Wildman–Crippen MR) is 108 cm³/mol. The molecule has 0 aliphatic carbocycles. The summed E-state index contributed by atoms with van der Waals surface area (Å²) in [4.78, 5) is 31.9. The maximum atomic E-state index is 12.9. The summed E-state index contributed by atoms with van der Waals surface area (Å²) in [6, 6.07) is 0.222. The predicted octanol–water partition coefficient (Wildman–Crippen LogP) is 1.08. The number of carbonyl (C=O) groups is 1. The molecule has 2 saturated heterocycles. The molecule has 1 aromatic rings. The van der Waals surface area contributed by atoms with Crippen LogP contribution < -0.4 is 10.6 Å². The van der Waals surface area contributed by atoms with E-state index in [1.165, 1.54) is 6.20 Å². The molecule has 2 N–H and O–H groups in total. The Morgan fingerprint density at radius 2 is 2.21 bits per heavy atom. The Bertz CT molecular complexity index is 777. The fourth-order valence-corrected chi connectivity index (χ4v) is 3.72. The van der Waals surface area contributed by atoms with Gasteiger partial charge in [-0.15, -0.1) is 0 Å². The van der Waals surface area contributed by atoms with Gasteiger partial charge in [0.1, 0.15) is 12.2 Å². The lowest BCUT2D eigenvalue weighted by Gasteiger charge is -2.34. The Labute approximate surface area is 164 Å². The van der Waals surface area contributed by atoms with E-state index in [1.807, 2.05) is 6.08 Å². The minimum absolute atomic E-state index is 0.0615. The third-order valence-corrected chi connectivity index (χ3v) is 5.17. The number of nitrogens with one attached hydrogen (secondary N) is 2. The number of hydrogen-bond donors (Lipinski definition) is 2. The normalized spacial score (nSPS) is 24.9. The summed E-state index contributed by atoms with van der Waals surface area (Å²) in [5, 5.41) is 6.27. The number of urea groups is 1. The molecule has 3 aliphatic rings. The van der Waals surface area contributed by atoms with Gasteiger partial charge in [-0.2, -0.15) is 0 Å². The quantitative estimate of drug-likeness (QED) is 0.796. The highest BCUT2D eigenvalue weighted by molar-refractivity contribution is 5.96. The van der Waals surface area contributed by atoms with E-state index >= 15 is 0 Å². The Morgan fingerprint density at radius 1 is 1.29 bits per heavy atom. The van der Waals surface area contributed by atoms with Crippen LogP contribution in [0.2, 0.25) is 0 Å². The number of aliphatic imine (C=N–C) groups is 1. The molecule has 28 heavy (non-hydrogen) atoms. The monoisotopic (exact) mass is 382 g/mol. The second kappa shape index (κ2) is 8.39.